The molecule has 0 spiro atoms. The third kappa shape index (κ3) is 7.44. The molecule has 144 valence electrons. The molecule has 2 aromatic carbocycles. The van der Waals surface area contributed by atoms with E-state index in [0.29, 0.717) is 24.7 Å². The number of hydrogen-bond donors (Lipinski definition) is 2. The average molecular weight is 368 g/mol. The van der Waals surface area contributed by atoms with Gasteiger partial charge in [-0.1, -0.05) is 38.1 Å². The highest BCUT2D eigenvalue weighted by Gasteiger charge is 2.08. The second-order valence-corrected chi connectivity index (χ2v) is 6.37. The Kier molecular flexibility index (Phi) is 8.23. The normalized spacial score (nSPS) is 10.1. The molecule has 0 saturated carbocycles. The van der Waals surface area contributed by atoms with Gasteiger partial charge in [0, 0.05) is 11.8 Å². The number of amides is 1. The first-order valence-corrected chi connectivity index (χ1v) is 9.21. The van der Waals surface area contributed by atoms with Crippen molar-refractivity contribution in [3.05, 3.63) is 60.7 Å². The van der Waals surface area contributed by atoms with Gasteiger partial charge in [0.25, 0.3) is 0 Å². The first kappa shape index (κ1) is 20.4. The van der Waals surface area contributed by atoms with Gasteiger partial charge in [-0.3, -0.25) is 4.79 Å². The number of nitrogens with one attached hydrogen (secondary N) is 2. The Labute approximate surface area is 161 Å². The highest BCUT2D eigenvalue weighted by atomic mass is 16.5. The lowest BCUT2D eigenvalue weighted by Gasteiger charge is -2.13. The van der Waals surface area contributed by atoms with Gasteiger partial charge in [0.2, 0.25) is 5.91 Å². The van der Waals surface area contributed by atoms with Crippen LogP contribution in [-0.4, -0.2) is 25.7 Å². The molecule has 0 aromatic heterocycles. The molecule has 2 aromatic rings. The van der Waals surface area contributed by atoms with Crippen molar-refractivity contribution in [1.82, 2.24) is 0 Å². The van der Waals surface area contributed by atoms with E-state index in [2.05, 4.69) is 24.1 Å². The molecule has 1 amide bonds. The van der Waals surface area contributed by atoms with Crippen LogP contribution in [0.15, 0.2) is 60.7 Å². The Morgan fingerprint density at radius 2 is 1.93 bits per heavy atom. The van der Waals surface area contributed by atoms with Gasteiger partial charge in [0.1, 0.15) is 18.1 Å². The molecule has 5 nitrogen and oxygen atoms in total. The summed E-state index contributed by atoms with van der Waals surface area (Å²) in [7, 11) is 0. The summed E-state index contributed by atoms with van der Waals surface area (Å²) < 4.78 is 11.4. The fraction of sp³-hybridized carbons (Fsp3) is 0.318. The summed E-state index contributed by atoms with van der Waals surface area (Å²) in [6, 6.07) is 15.0. The van der Waals surface area contributed by atoms with Crippen LogP contribution in [0, 0.1) is 0 Å². The summed E-state index contributed by atoms with van der Waals surface area (Å²) in [5, 5.41) is 5.99. The molecule has 0 saturated heterocycles. The molecule has 0 atom stereocenters. The average Bonchev–Trinajstić information content (AvgIpc) is 2.66. The molecule has 0 bridgehead atoms. The Bertz CT molecular complexity index is 759. The third-order valence-corrected chi connectivity index (χ3v) is 3.69. The van der Waals surface area contributed by atoms with Crippen LogP contribution in [0.4, 0.5) is 11.4 Å². The lowest BCUT2D eigenvalue weighted by Crippen LogP contribution is -2.22. The molecule has 0 fully saturated rings. The predicted octanol–water partition coefficient (Wildman–Crippen LogP) is 4.87. The fourth-order valence-corrected chi connectivity index (χ4v) is 2.30. The standard InChI is InChI=1S/C22H28N2O3/c1-4-5-13-26-19-10-8-9-18(14-19)23-15-22(25)24-20-11-6-7-12-21(20)27-16-17(2)3/h6-12,14,23H,2,4-5,13,15-16H2,1,3H3,(H,24,25). The van der Waals surface area contributed by atoms with Crippen LogP contribution in [0.2, 0.25) is 0 Å². The zero-order valence-electron chi connectivity index (χ0n) is 16.1. The molecule has 0 aliphatic heterocycles. The van der Waals surface area contributed by atoms with Crippen LogP contribution in [0.1, 0.15) is 26.7 Å². The van der Waals surface area contributed by atoms with Crippen molar-refractivity contribution < 1.29 is 14.3 Å². The fourth-order valence-electron chi connectivity index (χ4n) is 2.30. The summed E-state index contributed by atoms with van der Waals surface area (Å²) in [5.74, 6) is 1.27. The quantitative estimate of drug-likeness (QED) is 0.439. The third-order valence-electron chi connectivity index (χ3n) is 3.69. The largest absolute Gasteiger partial charge is 0.494 e. The number of hydrogen-bond acceptors (Lipinski definition) is 4. The Morgan fingerprint density at radius 3 is 2.70 bits per heavy atom. The molecule has 2 N–H and O–H groups in total. The minimum absolute atomic E-state index is 0.146. The van der Waals surface area contributed by atoms with Crippen molar-refractivity contribution in [2.75, 3.05) is 30.4 Å². The van der Waals surface area contributed by atoms with Gasteiger partial charge in [-0.15, -0.1) is 0 Å². The molecule has 0 aliphatic rings. The van der Waals surface area contributed by atoms with E-state index >= 15 is 0 Å². The van der Waals surface area contributed by atoms with E-state index in [-0.39, 0.29) is 12.5 Å². The maximum absolute atomic E-state index is 12.3. The van der Waals surface area contributed by atoms with E-state index in [0.717, 1.165) is 29.9 Å². The molecule has 0 unspecified atom stereocenters. The Balaban J connectivity index is 1.88. The van der Waals surface area contributed by atoms with Crippen LogP contribution in [-0.2, 0) is 4.79 Å². The molecular weight excluding hydrogens is 340 g/mol. The lowest BCUT2D eigenvalue weighted by molar-refractivity contribution is -0.114. The molecular formula is C22H28N2O3. The number of rotatable bonds is 11. The first-order valence-electron chi connectivity index (χ1n) is 9.21. The van der Waals surface area contributed by atoms with E-state index in [1.54, 1.807) is 0 Å². The van der Waals surface area contributed by atoms with Crippen molar-refractivity contribution in [3.8, 4) is 11.5 Å². The van der Waals surface area contributed by atoms with Crippen LogP contribution in [0.25, 0.3) is 0 Å². The van der Waals surface area contributed by atoms with Crippen molar-refractivity contribution >= 4 is 17.3 Å². The summed E-state index contributed by atoms with van der Waals surface area (Å²) in [6.45, 7) is 9.10. The minimum atomic E-state index is -0.154. The maximum atomic E-state index is 12.3. The number of para-hydroxylation sites is 2. The lowest BCUT2D eigenvalue weighted by atomic mass is 10.2. The SMILES string of the molecule is C=C(C)COc1ccccc1NC(=O)CNc1cccc(OCCCC)c1. The number of benzene rings is 2. The Morgan fingerprint density at radius 1 is 1.11 bits per heavy atom. The van der Waals surface area contributed by atoms with Gasteiger partial charge < -0.3 is 20.1 Å². The second kappa shape index (κ2) is 10.9. The first-order chi connectivity index (χ1) is 13.1. The number of unbranched alkanes of at least 4 members (excludes halogenated alkanes) is 1. The molecule has 2 rings (SSSR count). The number of ether oxygens (including phenoxy) is 2. The van der Waals surface area contributed by atoms with Crippen molar-refractivity contribution in [2.45, 2.75) is 26.7 Å². The van der Waals surface area contributed by atoms with Crippen molar-refractivity contribution in [2.24, 2.45) is 0 Å². The molecule has 0 heterocycles. The van der Waals surface area contributed by atoms with Crippen molar-refractivity contribution in [1.29, 1.82) is 0 Å². The zero-order chi connectivity index (χ0) is 19.5. The molecule has 0 aliphatic carbocycles. The summed E-state index contributed by atoms with van der Waals surface area (Å²) >= 11 is 0. The molecule has 27 heavy (non-hydrogen) atoms. The van der Waals surface area contributed by atoms with E-state index in [4.69, 9.17) is 9.47 Å². The van der Waals surface area contributed by atoms with Crippen LogP contribution in [0.3, 0.4) is 0 Å². The molecule has 0 radical (unpaired) electrons. The van der Waals surface area contributed by atoms with Crippen LogP contribution < -0.4 is 20.1 Å². The number of carbonyl (C=O) groups is 1. The van der Waals surface area contributed by atoms with E-state index in [9.17, 15) is 4.79 Å². The van der Waals surface area contributed by atoms with Crippen LogP contribution >= 0.6 is 0 Å². The van der Waals surface area contributed by atoms with Gasteiger partial charge in [0.15, 0.2) is 0 Å². The highest BCUT2D eigenvalue weighted by molar-refractivity contribution is 5.95. The molecule has 5 heteroatoms. The van der Waals surface area contributed by atoms with Gasteiger partial charge in [-0.25, -0.2) is 0 Å². The Hall–Kier alpha value is -2.95. The smallest absolute Gasteiger partial charge is 0.243 e. The van der Waals surface area contributed by atoms with Crippen molar-refractivity contribution in [3.63, 3.8) is 0 Å². The highest BCUT2D eigenvalue weighted by Crippen LogP contribution is 2.24. The van der Waals surface area contributed by atoms with Gasteiger partial charge in [0.05, 0.1) is 18.8 Å². The second-order valence-electron chi connectivity index (χ2n) is 6.37. The number of carbonyl (C=O) groups excluding carboxylic acids is 1. The predicted molar refractivity (Wildman–Crippen MR) is 111 cm³/mol. The summed E-state index contributed by atoms with van der Waals surface area (Å²) in [6.07, 6.45) is 2.11. The van der Waals surface area contributed by atoms with Gasteiger partial charge in [-0.2, -0.15) is 0 Å². The van der Waals surface area contributed by atoms with E-state index in [1.165, 1.54) is 0 Å². The van der Waals surface area contributed by atoms with E-state index in [1.807, 2.05) is 55.5 Å². The number of anilines is 2. The minimum Gasteiger partial charge on any atom is -0.494 e. The van der Waals surface area contributed by atoms with Crippen LogP contribution in [0.5, 0.6) is 11.5 Å². The van der Waals surface area contributed by atoms with E-state index < -0.39 is 0 Å². The summed E-state index contributed by atoms with van der Waals surface area (Å²) in [5.41, 5.74) is 2.40. The summed E-state index contributed by atoms with van der Waals surface area (Å²) in [4.78, 5) is 12.3. The maximum Gasteiger partial charge on any atom is 0.243 e. The van der Waals surface area contributed by atoms with Gasteiger partial charge in [-0.05, 0) is 43.2 Å². The topological polar surface area (TPSA) is 59.6 Å². The van der Waals surface area contributed by atoms with Gasteiger partial charge >= 0.3 is 0 Å². The monoisotopic (exact) mass is 368 g/mol. The zero-order valence-corrected chi connectivity index (χ0v) is 16.1.